The van der Waals surface area contributed by atoms with E-state index in [0.717, 1.165) is 35.4 Å². The van der Waals surface area contributed by atoms with Gasteiger partial charge in [-0.1, -0.05) is 19.1 Å². The molecule has 9 heteroatoms. The first-order valence-corrected chi connectivity index (χ1v) is 12.4. The lowest BCUT2D eigenvalue weighted by atomic mass is 9.92. The Bertz CT molecular complexity index is 1230. The van der Waals surface area contributed by atoms with Crippen LogP contribution in [0.4, 0.5) is 18.9 Å². The summed E-state index contributed by atoms with van der Waals surface area (Å²) in [7, 11) is 3.19. The highest BCUT2D eigenvalue weighted by Gasteiger charge is 2.32. The number of methoxy groups -OCH3 is 2. The maximum atomic E-state index is 13.0. The Kier molecular flexibility index (Phi) is 8.12. The lowest BCUT2D eigenvalue weighted by Gasteiger charge is -2.39. The molecule has 1 atom stereocenters. The quantitative estimate of drug-likeness (QED) is 0.345. The summed E-state index contributed by atoms with van der Waals surface area (Å²) in [6.07, 6.45) is -2.75. The molecule has 0 radical (unpaired) electrons. The van der Waals surface area contributed by atoms with Crippen LogP contribution in [0.5, 0.6) is 17.2 Å². The molecule has 37 heavy (non-hydrogen) atoms. The van der Waals surface area contributed by atoms with E-state index in [-0.39, 0.29) is 6.04 Å². The molecule has 1 aliphatic rings. The van der Waals surface area contributed by atoms with E-state index >= 15 is 0 Å². The van der Waals surface area contributed by atoms with E-state index in [1.54, 1.807) is 14.2 Å². The summed E-state index contributed by atoms with van der Waals surface area (Å²) in [6.45, 7) is 3.00. The molecule has 1 unspecified atom stereocenters. The molecule has 0 saturated carbocycles. The molecule has 0 aliphatic carbocycles. The van der Waals surface area contributed by atoms with Crippen LogP contribution in [0.3, 0.4) is 0 Å². The molecule has 0 fully saturated rings. The summed E-state index contributed by atoms with van der Waals surface area (Å²) in [6, 6.07) is 16.4. The molecule has 5 nitrogen and oxygen atoms in total. The number of halogens is 3. The Balaban J connectivity index is 1.60. The number of thiocarbonyl (C=S) groups is 1. The van der Waals surface area contributed by atoms with Crippen LogP contribution in [-0.2, 0) is 19.0 Å². The van der Waals surface area contributed by atoms with E-state index in [4.69, 9.17) is 26.4 Å². The zero-order valence-corrected chi connectivity index (χ0v) is 21.7. The number of fused-ring (bicyclic) bond motifs is 1. The summed E-state index contributed by atoms with van der Waals surface area (Å²) < 4.78 is 56.1. The number of nitrogens with one attached hydrogen (secondary N) is 1. The van der Waals surface area contributed by atoms with Gasteiger partial charge in [0.2, 0.25) is 0 Å². The number of nitrogens with zero attached hydrogens (tertiary/aromatic N) is 1. The third-order valence-electron chi connectivity index (χ3n) is 6.47. The van der Waals surface area contributed by atoms with Gasteiger partial charge >= 0.3 is 6.18 Å². The molecule has 196 valence electrons. The first-order chi connectivity index (χ1) is 17.7. The summed E-state index contributed by atoms with van der Waals surface area (Å²) in [5, 5.41) is 3.49. The molecule has 1 N–H and O–H groups in total. The van der Waals surface area contributed by atoms with Crippen molar-refractivity contribution in [1.82, 2.24) is 4.90 Å². The van der Waals surface area contributed by atoms with Crippen LogP contribution in [0.1, 0.15) is 35.2 Å². The van der Waals surface area contributed by atoms with Gasteiger partial charge in [0.25, 0.3) is 0 Å². The Morgan fingerprint density at radius 2 is 1.65 bits per heavy atom. The topological polar surface area (TPSA) is 43.0 Å². The number of hydrogen-bond donors (Lipinski definition) is 1. The fraction of sp³-hybridized carbons (Fsp3) is 0.321. The number of aryl methyl sites for hydroxylation is 1. The highest BCUT2D eigenvalue weighted by Crippen LogP contribution is 2.39. The van der Waals surface area contributed by atoms with Crippen molar-refractivity contribution in [2.24, 2.45) is 0 Å². The Morgan fingerprint density at radius 3 is 2.24 bits per heavy atom. The maximum Gasteiger partial charge on any atom is 0.416 e. The molecule has 3 aromatic carbocycles. The zero-order chi connectivity index (χ0) is 26.6. The van der Waals surface area contributed by atoms with Crippen LogP contribution < -0.4 is 19.5 Å². The highest BCUT2D eigenvalue weighted by molar-refractivity contribution is 7.80. The van der Waals surface area contributed by atoms with Crippen molar-refractivity contribution in [2.75, 3.05) is 32.7 Å². The predicted octanol–water partition coefficient (Wildman–Crippen LogP) is 6.66. The molecule has 0 aromatic heterocycles. The van der Waals surface area contributed by atoms with Crippen molar-refractivity contribution in [1.29, 1.82) is 0 Å². The van der Waals surface area contributed by atoms with Gasteiger partial charge < -0.3 is 24.4 Å². The predicted molar refractivity (Wildman–Crippen MR) is 142 cm³/mol. The normalized spacial score (nSPS) is 15.1. The minimum Gasteiger partial charge on any atom is -0.493 e. The highest BCUT2D eigenvalue weighted by atomic mass is 32.1. The maximum absolute atomic E-state index is 13.0. The van der Waals surface area contributed by atoms with Crippen LogP contribution in [0.15, 0.2) is 60.7 Å². The Hall–Kier alpha value is -3.46. The van der Waals surface area contributed by atoms with Gasteiger partial charge in [-0.3, -0.25) is 0 Å². The van der Waals surface area contributed by atoms with E-state index in [2.05, 4.69) is 12.2 Å². The molecule has 4 rings (SSSR count). The lowest BCUT2D eigenvalue weighted by molar-refractivity contribution is -0.137. The number of ether oxygens (including phenoxy) is 3. The molecule has 3 aromatic rings. The van der Waals surface area contributed by atoms with E-state index in [0.29, 0.717) is 41.9 Å². The minimum atomic E-state index is -4.40. The zero-order valence-electron chi connectivity index (χ0n) is 20.9. The minimum absolute atomic E-state index is 0.260. The molecule has 0 saturated heterocycles. The molecular weight excluding hydrogens is 501 g/mol. The lowest BCUT2D eigenvalue weighted by Crippen LogP contribution is -2.44. The first kappa shape index (κ1) is 26.6. The fourth-order valence-electron chi connectivity index (χ4n) is 4.39. The van der Waals surface area contributed by atoms with Gasteiger partial charge in [-0.05, 0) is 90.3 Å². The van der Waals surface area contributed by atoms with E-state index in [1.807, 2.05) is 41.3 Å². The molecule has 0 bridgehead atoms. The van der Waals surface area contributed by atoms with Crippen LogP contribution in [-0.4, -0.2) is 37.4 Å². The second-order valence-corrected chi connectivity index (χ2v) is 9.07. The van der Waals surface area contributed by atoms with Crippen molar-refractivity contribution in [3.8, 4) is 17.2 Å². The van der Waals surface area contributed by atoms with Crippen molar-refractivity contribution in [2.45, 2.75) is 32.0 Å². The second-order valence-electron chi connectivity index (χ2n) is 8.68. The monoisotopic (exact) mass is 530 g/mol. The third kappa shape index (κ3) is 6.10. The molecule has 0 amide bonds. The SMILES string of the molecule is CCc1ccc(OCC2c3cc(OC)c(OC)cc3CCN2C(=S)Nc2ccc(C(F)(F)F)cc2)cc1. The smallest absolute Gasteiger partial charge is 0.416 e. The van der Waals surface area contributed by atoms with Gasteiger partial charge in [-0.2, -0.15) is 13.2 Å². The molecule has 1 heterocycles. The summed E-state index contributed by atoms with van der Waals surface area (Å²) in [5.41, 5.74) is 3.07. The Morgan fingerprint density at radius 1 is 1.00 bits per heavy atom. The number of alkyl halides is 3. The summed E-state index contributed by atoms with van der Waals surface area (Å²) >= 11 is 5.72. The summed E-state index contributed by atoms with van der Waals surface area (Å²) in [5.74, 6) is 1.99. The van der Waals surface area contributed by atoms with Crippen molar-refractivity contribution >= 4 is 23.0 Å². The number of anilines is 1. The van der Waals surface area contributed by atoms with Gasteiger partial charge in [0.1, 0.15) is 12.4 Å². The van der Waals surface area contributed by atoms with Gasteiger partial charge in [0, 0.05) is 12.2 Å². The average Bonchev–Trinajstić information content (AvgIpc) is 2.90. The van der Waals surface area contributed by atoms with Gasteiger partial charge in [0.15, 0.2) is 16.6 Å². The van der Waals surface area contributed by atoms with E-state index in [9.17, 15) is 13.2 Å². The molecular formula is C28H29F3N2O3S. The van der Waals surface area contributed by atoms with Gasteiger partial charge in [-0.15, -0.1) is 0 Å². The van der Waals surface area contributed by atoms with Gasteiger partial charge in [-0.25, -0.2) is 0 Å². The van der Waals surface area contributed by atoms with E-state index in [1.165, 1.54) is 17.7 Å². The van der Waals surface area contributed by atoms with Crippen LogP contribution in [0.2, 0.25) is 0 Å². The van der Waals surface area contributed by atoms with Crippen LogP contribution >= 0.6 is 12.2 Å². The standard InChI is InChI=1S/C28H29F3N2O3S/c1-4-18-5-11-22(12-6-18)36-17-24-23-16-26(35-3)25(34-2)15-19(23)13-14-33(24)27(37)32-21-9-7-20(8-10-21)28(29,30)31/h5-12,15-16,24H,4,13-14,17H2,1-3H3,(H,32,37). The van der Waals surface area contributed by atoms with Gasteiger partial charge in [0.05, 0.1) is 25.8 Å². The number of benzene rings is 3. The fourth-order valence-corrected chi connectivity index (χ4v) is 4.72. The first-order valence-electron chi connectivity index (χ1n) is 11.9. The van der Waals surface area contributed by atoms with Crippen LogP contribution in [0, 0.1) is 0 Å². The second kappa shape index (κ2) is 11.3. The van der Waals surface area contributed by atoms with Crippen molar-refractivity contribution in [3.05, 3.63) is 82.9 Å². The van der Waals surface area contributed by atoms with Crippen molar-refractivity contribution in [3.63, 3.8) is 0 Å². The molecule has 1 aliphatic heterocycles. The largest absolute Gasteiger partial charge is 0.493 e. The van der Waals surface area contributed by atoms with E-state index < -0.39 is 11.7 Å². The average molecular weight is 531 g/mol. The Labute approximate surface area is 220 Å². The van der Waals surface area contributed by atoms with Crippen LogP contribution in [0.25, 0.3) is 0 Å². The summed E-state index contributed by atoms with van der Waals surface area (Å²) in [4.78, 5) is 2.00. The third-order valence-corrected chi connectivity index (χ3v) is 6.80. The number of hydrogen-bond acceptors (Lipinski definition) is 4. The molecule has 0 spiro atoms. The van der Waals surface area contributed by atoms with Crippen molar-refractivity contribution < 1.29 is 27.4 Å². The number of rotatable bonds is 7.